The average Bonchev–Trinajstić information content (AvgIpc) is 2.91. The van der Waals surface area contributed by atoms with Crippen LogP contribution in [0, 0.1) is 3.70 Å². The number of hydrogen-bond donors (Lipinski definition) is 2. The second-order valence-electron chi connectivity index (χ2n) is 4.90. The highest BCUT2D eigenvalue weighted by Crippen LogP contribution is 2.28. The van der Waals surface area contributed by atoms with Gasteiger partial charge in [-0.15, -0.1) is 0 Å². The molecule has 7 heteroatoms. The van der Waals surface area contributed by atoms with E-state index in [2.05, 4.69) is 33.0 Å². The zero-order chi connectivity index (χ0) is 16.4. The van der Waals surface area contributed by atoms with Crippen LogP contribution in [0.5, 0.6) is 0 Å². The van der Waals surface area contributed by atoms with Gasteiger partial charge in [0.25, 0.3) is 5.91 Å². The minimum atomic E-state index is -0.318. The number of pyridine rings is 1. The number of nitrogens with one attached hydrogen (secondary N) is 1. The molecule has 1 aromatic carbocycles. The second-order valence-corrected chi connectivity index (χ2v) is 5.92. The van der Waals surface area contributed by atoms with Crippen LogP contribution in [0.2, 0.25) is 0 Å². The van der Waals surface area contributed by atoms with Gasteiger partial charge in [0, 0.05) is 24.4 Å². The Bertz CT molecular complexity index is 843. The molecule has 0 atom stereocenters. The van der Waals surface area contributed by atoms with Crippen LogP contribution < -0.4 is 11.3 Å². The van der Waals surface area contributed by atoms with Gasteiger partial charge in [0.1, 0.15) is 15.1 Å². The number of aromatic nitrogens is 3. The van der Waals surface area contributed by atoms with Crippen molar-refractivity contribution in [3.8, 4) is 22.8 Å². The Morgan fingerprint density at radius 1 is 1.22 bits per heavy atom. The van der Waals surface area contributed by atoms with Crippen molar-refractivity contribution in [2.24, 2.45) is 12.9 Å². The second kappa shape index (κ2) is 6.47. The first-order valence-corrected chi connectivity index (χ1v) is 7.94. The van der Waals surface area contributed by atoms with E-state index in [4.69, 9.17) is 10.8 Å². The predicted octanol–water partition coefficient (Wildman–Crippen LogP) is 2.36. The molecule has 0 saturated heterocycles. The number of benzene rings is 1. The molecule has 0 aliphatic heterocycles. The van der Waals surface area contributed by atoms with Gasteiger partial charge in [-0.3, -0.25) is 15.2 Å². The Hall–Kier alpha value is -2.26. The zero-order valence-electron chi connectivity index (χ0n) is 12.3. The first kappa shape index (κ1) is 15.6. The minimum absolute atomic E-state index is 0.318. The van der Waals surface area contributed by atoms with Gasteiger partial charge in [-0.2, -0.15) is 0 Å². The number of hydrazine groups is 1. The SMILES string of the molecule is Cn1c(-c2ccccn2)nc(-c2ccc(C(=O)NN)cc2)c1I. The summed E-state index contributed by atoms with van der Waals surface area (Å²) in [4.78, 5) is 20.6. The highest BCUT2D eigenvalue weighted by molar-refractivity contribution is 14.1. The smallest absolute Gasteiger partial charge is 0.265 e. The summed E-state index contributed by atoms with van der Waals surface area (Å²) in [7, 11) is 1.96. The molecule has 0 saturated carbocycles. The van der Waals surface area contributed by atoms with Gasteiger partial charge in [-0.05, 0) is 46.9 Å². The minimum Gasteiger partial charge on any atom is -0.321 e. The summed E-state index contributed by atoms with van der Waals surface area (Å²) < 4.78 is 3.00. The maximum absolute atomic E-state index is 11.5. The third-order valence-corrected chi connectivity index (χ3v) is 4.71. The van der Waals surface area contributed by atoms with Crippen LogP contribution in [0.4, 0.5) is 0 Å². The van der Waals surface area contributed by atoms with Gasteiger partial charge in [0.05, 0.1) is 0 Å². The number of rotatable bonds is 3. The number of nitrogens with zero attached hydrogens (tertiary/aromatic N) is 3. The number of carbonyl (C=O) groups excluding carboxylic acids is 1. The largest absolute Gasteiger partial charge is 0.321 e. The van der Waals surface area contributed by atoms with Crippen molar-refractivity contribution in [2.75, 3.05) is 0 Å². The lowest BCUT2D eigenvalue weighted by atomic mass is 10.1. The first-order chi connectivity index (χ1) is 11.1. The fraction of sp³-hybridized carbons (Fsp3) is 0.0625. The quantitative estimate of drug-likeness (QED) is 0.296. The van der Waals surface area contributed by atoms with E-state index in [9.17, 15) is 4.79 Å². The third-order valence-electron chi connectivity index (χ3n) is 3.47. The molecular formula is C16H14IN5O. The molecular weight excluding hydrogens is 405 g/mol. The van der Waals surface area contributed by atoms with Crippen LogP contribution in [-0.4, -0.2) is 20.4 Å². The molecule has 116 valence electrons. The fourth-order valence-corrected chi connectivity index (χ4v) is 2.91. The summed E-state index contributed by atoms with van der Waals surface area (Å²) >= 11 is 2.26. The van der Waals surface area contributed by atoms with Crippen LogP contribution >= 0.6 is 22.6 Å². The van der Waals surface area contributed by atoms with E-state index >= 15 is 0 Å². The number of carbonyl (C=O) groups is 1. The predicted molar refractivity (Wildman–Crippen MR) is 96.2 cm³/mol. The number of hydrogen-bond acceptors (Lipinski definition) is 4. The molecule has 6 nitrogen and oxygen atoms in total. The highest BCUT2D eigenvalue weighted by atomic mass is 127. The van der Waals surface area contributed by atoms with Crippen LogP contribution in [0.1, 0.15) is 10.4 Å². The lowest BCUT2D eigenvalue weighted by Gasteiger charge is -2.02. The molecule has 2 aromatic heterocycles. The number of amides is 1. The summed E-state index contributed by atoms with van der Waals surface area (Å²) in [5.41, 5.74) is 5.23. The Morgan fingerprint density at radius 2 is 1.96 bits per heavy atom. The topological polar surface area (TPSA) is 85.8 Å². The maximum Gasteiger partial charge on any atom is 0.265 e. The Balaban J connectivity index is 2.03. The molecule has 0 radical (unpaired) electrons. The Labute approximate surface area is 146 Å². The molecule has 1 amide bonds. The zero-order valence-corrected chi connectivity index (χ0v) is 14.5. The number of nitrogen functional groups attached to an aromatic ring is 1. The molecule has 0 aliphatic rings. The van der Waals surface area contributed by atoms with E-state index in [1.807, 2.05) is 41.9 Å². The van der Waals surface area contributed by atoms with E-state index < -0.39 is 0 Å². The van der Waals surface area contributed by atoms with E-state index in [1.54, 1.807) is 18.3 Å². The van der Waals surface area contributed by atoms with Crippen molar-refractivity contribution in [1.82, 2.24) is 20.0 Å². The van der Waals surface area contributed by atoms with Crippen molar-refractivity contribution in [3.05, 3.63) is 57.9 Å². The van der Waals surface area contributed by atoms with Gasteiger partial charge < -0.3 is 4.57 Å². The summed E-state index contributed by atoms with van der Waals surface area (Å²) in [6, 6.07) is 12.9. The van der Waals surface area contributed by atoms with Crippen LogP contribution in [0.15, 0.2) is 48.7 Å². The third kappa shape index (κ3) is 2.97. The standard InChI is InChI=1S/C16H14IN5O/c1-22-14(17)13(20-15(22)12-4-2-3-9-19-12)10-5-7-11(8-6-10)16(23)21-18/h2-9H,18H2,1H3,(H,21,23). The lowest BCUT2D eigenvalue weighted by molar-refractivity contribution is 0.0953. The van der Waals surface area contributed by atoms with E-state index in [1.165, 1.54) is 0 Å². The van der Waals surface area contributed by atoms with Crippen molar-refractivity contribution in [1.29, 1.82) is 0 Å². The van der Waals surface area contributed by atoms with E-state index in [-0.39, 0.29) is 5.91 Å². The summed E-state index contributed by atoms with van der Waals surface area (Å²) in [6.45, 7) is 0. The van der Waals surface area contributed by atoms with Gasteiger partial charge in [-0.25, -0.2) is 10.8 Å². The number of imidazole rings is 1. The van der Waals surface area contributed by atoms with Crippen molar-refractivity contribution in [3.63, 3.8) is 0 Å². The molecule has 3 aromatic rings. The van der Waals surface area contributed by atoms with Gasteiger partial charge in [0.2, 0.25) is 0 Å². The lowest BCUT2D eigenvalue weighted by Crippen LogP contribution is -2.29. The molecule has 0 fully saturated rings. The van der Waals surface area contributed by atoms with Crippen molar-refractivity contribution >= 4 is 28.5 Å². The van der Waals surface area contributed by atoms with Gasteiger partial charge in [-0.1, -0.05) is 18.2 Å². The van der Waals surface area contributed by atoms with Crippen molar-refractivity contribution < 1.29 is 4.79 Å². The molecule has 0 bridgehead atoms. The molecule has 0 aliphatic carbocycles. The van der Waals surface area contributed by atoms with Crippen molar-refractivity contribution in [2.45, 2.75) is 0 Å². The maximum atomic E-state index is 11.5. The molecule has 3 N–H and O–H groups in total. The van der Waals surface area contributed by atoms with Gasteiger partial charge >= 0.3 is 0 Å². The molecule has 3 rings (SSSR count). The first-order valence-electron chi connectivity index (χ1n) is 6.87. The van der Waals surface area contributed by atoms with E-state index in [0.717, 1.165) is 26.5 Å². The summed E-state index contributed by atoms with van der Waals surface area (Å²) in [5.74, 6) is 5.62. The average molecular weight is 419 g/mol. The molecule has 2 heterocycles. The summed E-state index contributed by atoms with van der Waals surface area (Å²) in [6.07, 6.45) is 1.75. The van der Waals surface area contributed by atoms with Crippen LogP contribution in [-0.2, 0) is 7.05 Å². The Kier molecular flexibility index (Phi) is 4.39. The molecule has 23 heavy (non-hydrogen) atoms. The van der Waals surface area contributed by atoms with Crippen LogP contribution in [0.3, 0.4) is 0 Å². The van der Waals surface area contributed by atoms with E-state index in [0.29, 0.717) is 5.56 Å². The monoisotopic (exact) mass is 419 g/mol. The molecule has 0 unspecified atom stereocenters. The Morgan fingerprint density at radius 3 is 2.57 bits per heavy atom. The normalized spacial score (nSPS) is 10.6. The highest BCUT2D eigenvalue weighted by Gasteiger charge is 2.16. The number of halogens is 1. The van der Waals surface area contributed by atoms with Crippen LogP contribution in [0.25, 0.3) is 22.8 Å². The fourth-order valence-electron chi connectivity index (χ4n) is 2.25. The number of nitrogens with two attached hydrogens (primary N) is 1. The molecule has 0 spiro atoms. The van der Waals surface area contributed by atoms with Gasteiger partial charge in [0.15, 0.2) is 5.82 Å². The summed E-state index contributed by atoms with van der Waals surface area (Å²) in [5, 5.41) is 0.